The SMILES string of the molecule is CCOC(=O)C(C)Nc1ncnc(NC)c1CC. The summed E-state index contributed by atoms with van der Waals surface area (Å²) in [4.78, 5) is 19.9. The van der Waals surface area contributed by atoms with Crippen LogP contribution in [0.5, 0.6) is 0 Å². The number of hydrogen-bond acceptors (Lipinski definition) is 6. The predicted molar refractivity (Wildman–Crippen MR) is 70.7 cm³/mol. The van der Waals surface area contributed by atoms with Gasteiger partial charge in [0.2, 0.25) is 0 Å². The lowest BCUT2D eigenvalue weighted by molar-refractivity contribution is -0.143. The number of anilines is 2. The van der Waals surface area contributed by atoms with Crippen LogP contribution in [0, 0.1) is 0 Å². The van der Waals surface area contributed by atoms with Gasteiger partial charge in [0.1, 0.15) is 24.0 Å². The van der Waals surface area contributed by atoms with E-state index in [1.54, 1.807) is 20.9 Å². The molecule has 0 radical (unpaired) electrons. The van der Waals surface area contributed by atoms with E-state index in [0.717, 1.165) is 17.8 Å². The molecule has 1 atom stereocenters. The maximum absolute atomic E-state index is 11.6. The second-order valence-corrected chi connectivity index (χ2v) is 3.77. The normalized spacial score (nSPS) is 11.8. The number of carbonyl (C=O) groups is 1. The number of nitrogens with one attached hydrogen (secondary N) is 2. The molecule has 0 amide bonds. The molecule has 0 aliphatic heterocycles. The summed E-state index contributed by atoms with van der Waals surface area (Å²) >= 11 is 0. The number of aromatic nitrogens is 2. The fourth-order valence-electron chi connectivity index (χ4n) is 1.62. The van der Waals surface area contributed by atoms with Gasteiger partial charge in [0.25, 0.3) is 0 Å². The van der Waals surface area contributed by atoms with Gasteiger partial charge < -0.3 is 15.4 Å². The Kier molecular flexibility index (Phi) is 5.35. The molecular weight excluding hydrogens is 232 g/mol. The molecule has 1 aromatic rings. The average molecular weight is 252 g/mol. The molecule has 1 rings (SSSR count). The summed E-state index contributed by atoms with van der Waals surface area (Å²) in [5, 5.41) is 6.06. The predicted octanol–water partition coefficient (Wildman–Crippen LogP) is 1.44. The third kappa shape index (κ3) is 3.32. The van der Waals surface area contributed by atoms with Crippen molar-refractivity contribution in [2.75, 3.05) is 24.3 Å². The van der Waals surface area contributed by atoms with E-state index in [1.807, 2.05) is 6.92 Å². The zero-order valence-electron chi connectivity index (χ0n) is 11.3. The molecule has 0 saturated carbocycles. The van der Waals surface area contributed by atoms with Gasteiger partial charge in [-0.25, -0.2) is 14.8 Å². The minimum atomic E-state index is -0.435. The Balaban J connectivity index is 2.87. The van der Waals surface area contributed by atoms with Crippen LogP contribution in [0.15, 0.2) is 6.33 Å². The summed E-state index contributed by atoms with van der Waals surface area (Å²) in [6, 6.07) is -0.435. The van der Waals surface area contributed by atoms with Crippen LogP contribution >= 0.6 is 0 Å². The molecule has 0 aliphatic carbocycles. The van der Waals surface area contributed by atoms with Crippen molar-refractivity contribution in [3.63, 3.8) is 0 Å². The van der Waals surface area contributed by atoms with Crippen LogP contribution in [0.4, 0.5) is 11.6 Å². The zero-order valence-corrected chi connectivity index (χ0v) is 11.3. The molecule has 6 heteroatoms. The first-order valence-electron chi connectivity index (χ1n) is 6.08. The molecule has 100 valence electrons. The first kappa shape index (κ1) is 14.2. The number of rotatable bonds is 6. The minimum absolute atomic E-state index is 0.288. The highest BCUT2D eigenvalue weighted by Crippen LogP contribution is 2.20. The Hall–Kier alpha value is -1.85. The van der Waals surface area contributed by atoms with Gasteiger partial charge in [-0.05, 0) is 20.3 Å². The standard InChI is InChI=1S/C12H20N4O2/c1-5-9-10(13-4)14-7-15-11(9)16-8(3)12(17)18-6-2/h7-8H,5-6H2,1-4H3,(H2,13,14,15,16). The van der Waals surface area contributed by atoms with Gasteiger partial charge in [0, 0.05) is 12.6 Å². The van der Waals surface area contributed by atoms with E-state index in [1.165, 1.54) is 6.33 Å². The molecule has 0 spiro atoms. The molecule has 1 aromatic heterocycles. The van der Waals surface area contributed by atoms with Gasteiger partial charge in [-0.3, -0.25) is 0 Å². The fourth-order valence-corrected chi connectivity index (χ4v) is 1.62. The van der Waals surface area contributed by atoms with Gasteiger partial charge in [-0.15, -0.1) is 0 Å². The Morgan fingerprint density at radius 3 is 2.61 bits per heavy atom. The Morgan fingerprint density at radius 2 is 2.06 bits per heavy atom. The van der Waals surface area contributed by atoms with Crippen molar-refractivity contribution in [3.05, 3.63) is 11.9 Å². The van der Waals surface area contributed by atoms with Gasteiger partial charge in [0.05, 0.1) is 6.61 Å². The van der Waals surface area contributed by atoms with E-state index < -0.39 is 6.04 Å². The van der Waals surface area contributed by atoms with Crippen LogP contribution in [-0.2, 0) is 16.0 Å². The van der Waals surface area contributed by atoms with Crippen molar-refractivity contribution >= 4 is 17.6 Å². The summed E-state index contributed by atoms with van der Waals surface area (Å²) in [7, 11) is 1.81. The molecular formula is C12H20N4O2. The first-order chi connectivity index (χ1) is 8.63. The van der Waals surface area contributed by atoms with Gasteiger partial charge in [-0.2, -0.15) is 0 Å². The second kappa shape index (κ2) is 6.78. The number of nitrogens with zero attached hydrogens (tertiary/aromatic N) is 2. The van der Waals surface area contributed by atoms with Crippen LogP contribution in [-0.4, -0.2) is 35.6 Å². The number of esters is 1. The maximum atomic E-state index is 11.6. The lowest BCUT2D eigenvalue weighted by atomic mass is 10.2. The molecule has 18 heavy (non-hydrogen) atoms. The first-order valence-corrected chi connectivity index (χ1v) is 6.08. The Bertz CT molecular complexity index is 409. The van der Waals surface area contributed by atoms with Gasteiger partial charge >= 0.3 is 5.97 Å². The lowest BCUT2D eigenvalue weighted by Gasteiger charge is -2.16. The van der Waals surface area contributed by atoms with E-state index in [-0.39, 0.29) is 5.97 Å². The molecule has 0 aromatic carbocycles. The highest BCUT2D eigenvalue weighted by molar-refractivity contribution is 5.79. The van der Waals surface area contributed by atoms with Crippen molar-refractivity contribution in [3.8, 4) is 0 Å². The summed E-state index contributed by atoms with van der Waals surface area (Å²) in [6.45, 7) is 5.92. The van der Waals surface area contributed by atoms with Crippen molar-refractivity contribution in [2.24, 2.45) is 0 Å². The monoisotopic (exact) mass is 252 g/mol. The smallest absolute Gasteiger partial charge is 0.328 e. The van der Waals surface area contributed by atoms with E-state index in [9.17, 15) is 4.79 Å². The molecule has 0 saturated heterocycles. The van der Waals surface area contributed by atoms with Crippen LogP contribution in [0.25, 0.3) is 0 Å². The van der Waals surface area contributed by atoms with E-state index in [4.69, 9.17) is 4.74 Å². The van der Waals surface area contributed by atoms with Crippen LogP contribution in [0.3, 0.4) is 0 Å². The van der Waals surface area contributed by atoms with Crippen molar-refractivity contribution in [1.82, 2.24) is 9.97 Å². The van der Waals surface area contributed by atoms with Crippen LogP contribution in [0.2, 0.25) is 0 Å². The third-order valence-corrected chi connectivity index (χ3v) is 2.53. The van der Waals surface area contributed by atoms with Gasteiger partial charge in [0.15, 0.2) is 0 Å². The summed E-state index contributed by atoms with van der Waals surface area (Å²) in [5.41, 5.74) is 0.955. The molecule has 0 bridgehead atoms. The number of carbonyl (C=O) groups excluding carboxylic acids is 1. The van der Waals surface area contributed by atoms with Crippen molar-refractivity contribution in [1.29, 1.82) is 0 Å². The van der Waals surface area contributed by atoms with Crippen molar-refractivity contribution in [2.45, 2.75) is 33.2 Å². The second-order valence-electron chi connectivity index (χ2n) is 3.77. The summed E-state index contributed by atoms with van der Waals surface area (Å²) < 4.78 is 4.95. The molecule has 0 aliphatic rings. The molecule has 2 N–H and O–H groups in total. The third-order valence-electron chi connectivity index (χ3n) is 2.53. The van der Waals surface area contributed by atoms with Crippen molar-refractivity contribution < 1.29 is 9.53 Å². The fraction of sp³-hybridized carbons (Fsp3) is 0.583. The largest absolute Gasteiger partial charge is 0.464 e. The molecule has 6 nitrogen and oxygen atoms in total. The molecule has 0 fully saturated rings. The Morgan fingerprint density at radius 1 is 1.39 bits per heavy atom. The quantitative estimate of drug-likeness (QED) is 0.746. The van der Waals surface area contributed by atoms with E-state index in [0.29, 0.717) is 12.4 Å². The number of hydrogen-bond donors (Lipinski definition) is 2. The van der Waals surface area contributed by atoms with E-state index >= 15 is 0 Å². The average Bonchev–Trinajstić information content (AvgIpc) is 2.38. The zero-order chi connectivity index (χ0) is 13.5. The van der Waals surface area contributed by atoms with E-state index in [2.05, 4.69) is 20.6 Å². The number of ether oxygens (including phenoxy) is 1. The van der Waals surface area contributed by atoms with Crippen LogP contribution < -0.4 is 10.6 Å². The summed E-state index contributed by atoms with van der Waals surface area (Å²) in [5.74, 6) is 1.15. The highest BCUT2D eigenvalue weighted by atomic mass is 16.5. The maximum Gasteiger partial charge on any atom is 0.328 e. The summed E-state index contributed by atoms with van der Waals surface area (Å²) in [6.07, 6.45) is 2.24. The highest BCUT2D eigenvalue weighted by Gasteiger charge is 2.17. The minimum Gasteiger partial charge on any atom is -0.464 e. The van der Waals surface area contributed by atoms with Crippen LogP contribution in [0.1, 0.15) is 26.3 Å². The molecule has 1 heterocycles. The molecule has 1 unspecified atom stereocenters. The topological polar surface area (TPSA) is 76.1 Å². The lowest BCUT2D eigenvalue weighted by Crippen LogP contribution is -2.29. The van der Waals surface area contributed by atoms with Gasteiger partial charge in [-0.1, -0.05) is 6.92 Å². The Labute approximate surface area is 107 Å².